The van der Waals surface area contributed by atoms with Gasteiger partial charge in [-0.3, -0.25) is 9.20 Å². The molecule has 1 aromatic carbocycles. The van der Waals surface area contributed by atoms with Crippen molar-refractivity contribution in [3.8, 4) is 0 Å². The van der Waals surface area contributed by atoms with E-state index in [2.05, 4.69) is 4.98 Å². The summed E-state index contributed by atoms with van der Waals surface area (Å²) in [6, 6.07) is 8.73. The van der Waals surface area contributed by atoms with Crippen LogP contribution in [0.2, 0.25) is 5.02 Å². The van der Waals surface area contributed by atoms with Crippen LogP contribution < -0.4 is 5.56 Å². The molecule has 3 heterocycles. The number of aryl methyl sites for hydroxylation is 1. The Bertz CT molecular complexity index is 1350. The highest BCUT2D eigenvalue weighted by Gasteiger charge is 2.29. The molecule has 0 aliphatic carbocycles. The summed E-state index contributed by atoms with van der Waals surface area (Å²) < 4.78 is 39.0. The molecule has 1 aliphatic rings. The fraction of sp³-hybridized carbons (Fsp3) is 0.286. The van der Waals surface area contributed by atoms with Gasteiger partial charge in [0.05, 0.1) is 29.5 Å². The van der Waals surface area contributed by atoms with E-state index in [-0.39, 0.29) is 59.6 Å². The highest BCUT2D eigenvalue weighted by Crippen LogP contribution is 2.27. The van der Waals surface area contributed by atoms with Gasteiger partial charge in [0.2, 0.25) is 10.0 Å². The van der Waals surface area contributed by atoms with E-state index in [4.69, 9.17) is 21.1 Å². The first-order valence-corrected chi connectivity index (χ1v) is 11.6. The van der Waals surface area contributed by atoms with E-state index < -0.39 is 16.0 Å². The van der Waals surface area contributed by atoms with Crippen LogP contribution in [0.4, 0.5) is 0 Å². The Balaban J connectivity index is 1.54. The summed E-state index contributed by atoms with van der Waals surface area (Å²) >= 11 is 6.13. The zero-order chi connectivity index (χ0) is 22.9. The predicted octanol–water partition coefficient (Wildman–Crippen LogP) is 2.03. The van der Waals surface area contributed by atoms with Crippen LogP contribution in [0.3, 0.4) is 0 Å². The van der Waals surface area contributed by atoms with E-state index in [1.165, 1.54) is 33.0 Å². The Hall–Kier alpha value is -2.79. The molecule has 1 saturated heterocycles. The van der Waals surface area contributed by atoms with Crippen molar-refractivity contribution >= 4 is 33.2 Å². The molecule has 1 aliphatic heterocycles. The highest BCUT2D eigenvalue weighted by molar-refractivity contribution is 7.89. The average molecular weight is 478 g/mol. The number of nitrogens with zero attached hydrogens (tertiary/aromatic N) is 3. The first-order chi connectivity index (χ1) is 15.3. The van der Waals surface area contributed by atoms with Gasteiger partial charge in [-0.1, -0.05) is 17.7 Å². The predicted molar refractivity (Wildman–Crippen MR) is 116 cm³/mol. The van der Waals surface area contributed by atoms with Crippen LogP contribution in [-0.4, -0.2) is 54.4 Å². The molecule has 0 spiro atoms. The first-order valence-electron chi connectivity index (χ1n) is 9.79. The third kappa shape index (κ3) is 4.53. The maximum absolute atomic E-state index is 12.9. The Kier molecular flexibility index (Phi) is 6.29. The Morgan fingerprint density at radius 3 is 2.69 bits per heavy atom. The SMILES string of the molecule is Cc1ccc2nc(COC(=O)c3ccc(Cl)c(S(=O)(=O)N4CCOCC4)c3)cc(=O)n2c1. The molecule has 32 heavy (non-hydrogen) atoms. The minimum Gasteiger partial charge on any atom is -0.456 e. The molecule has 0 amide bonds. The van der Waals surface area contributed by atoms with Gasteiger partial charge in [-0.25, -0.2) is 18.2 Å². The number of ether oxygens (including phenoxy) is 2. The zero-order valence-corrected chi connectivity index (χ0v) is 18.7. The van der Waals surface area contributed by atoms with Gasteiger partial charge in [-0.05, 0) is 36.8 Å². The molecule has 1 fully saturated rings. The molecule has 11 heteroatoms. The number of morpholine rings is 1. The second-order valence-corrected chi connectivity index (χ2v) is 9.57. The number of pyridine rings is 1. The lowest BCUT2D eigenvalue weighted by atomic mass is 10.2. The normalized spacial score (nSPS) is 15.1. The number of carbonyl (C=O) groups excluding carboxylic acids is 1. The van der Waals surface area contributed by atoms with Crippen LogP contribution in [0.1, 0.15) is 21.6 Å². The van der Waals surface area contributed by atoms with Crippen LogP contribution in [0, 0.1) is 6.92 Å². The highest BCUT2D eigenvalue weighted by atomic mass is 35.5. The van der Waals surface area contributed by atoms with Gasteiger partial charge in [-0.15, -0.1) is 0 Å². The number of hydrogen-bond donors (Lipinski definition) is 0. The standard InChI is InChI=1S/C21H20ClN3O6S/c1-14-2-5-19-23-16(11-20(26)25(19)12-14)13-31-21(27)15-3-4-17(22)18(10-15)32(28,29)24-6-8-30-9-7-24/h2-5,10-12H,6-9,13H2,1H3. The Morgan fingerprint density at radius 2 is 1.94 bits per heavy atom. The topological polar surface area (TPSA) is 107 Å². The van der Waals surface area contributed by atoms with Gasteiger partial charge in [0.1, 0.15) is 17.1 Å². The lowest BCUT2D eigenvalue weighted by molar-refractivity contribution is 0.0467. The number of sulfonamides is 1. The van der Waals surface area contributed by atoms with E-state index in [9.17, 15) is 18.0 Å². The summed E-state index contributed by atoms with van der Waals surface area (Å²) in [4.78, 5) is 29.0. The summed E-state index contributed by atoms with van der Waals surface area (Å²) in [5.74, 6) is -0.758. The number of halogens is 1. The molecule has 0 unspecified atom stereocenters. The minimum absolute atomic E-state index is 0.00699. The van der Waals surface area contributed by atoms with Crippen LogP contribution >= 0.6 is 11.6 Å². The molecule has 0 radical (unpaired) electrons. The van der Waals surface area contributed by atoms with Gasteiger partial charge in [0, 0.05) is 25.4 Å². The van der Waals surface area contributed by atoms with E-state index in [1.54, 1.807) is 12.3 Å². The number of carbonyl (C=O) groups is 1. The van der Waals surface area contributed by atoms with Crippen LogP contribution in [0.25, 0.3) is 5.65 Å². The number of esters is 1. The molecule has 0 bridgehead atoms. The third-order valence-electron chi connectivity index (χ3n) is 4.97. The molecule has 168 valence electrons. The van der Waals surface area contributed by atoms with Gasteiger partial charge >= 0.3 is 5.97 Å². The molecule has 3 aromatic rings. The number of aromatic nitrogens is 2. The van der Waals surface area contributed by atoms with Crippen molar-refractivity contribution in [2.75, 3.05) is 26.3 Å². The zero-order valence-electron chi connectivity index (χ0n) is 17.2. The Labute approximate surface area is 189 Å². The molecule has 9 nitrogen and oxygen atoms in total. The van der Waals surface area contributed by atoms with Gasteiger partial charge < -0.3 is 9.47 Å². The van der Waals surface area contributed by atoms with E-state index in [0.717, 1.165) is 5.56 Å². The first kappa shape index (κ1) is 22.4. The van der Waals surface area contributed by atoms with E-state index in [1.807, 2.05) is 13.0 Å². The van der Waals surface area contributed by atoms with Crippen molar-refractivity contribution in [3.63, 3.8) is 0 Å². The Morgan fingerprint density at radius 1 is 1.19 bits per heavy atom. The van der Waals surface area contributed by atoms with Crippen molar-refractivity contribution in [3.05, 3.63) is 74.8 Å². The van der Waals surface area contributed by atoms with Gasteiger partial charge in [-0.2, -0.15) is 4.31 Å². The molecule has 0 atom stereocenters. The summed E-state index contributed by atoms with van der Waals surface area (Å²) in [6.45, 7) is 2.60. The number of fused-ring (bicyclic) bond motifs is 1. The maximum atomic E-state index is 12.9. The van der Waals surface area contributed by atoms with E-state index >= 15 is 0 Å². The molecule has 0 saturated carbocycles. The van der Waals surface area contributed by atoms with Gasteiger partial charge in [0.15, 0.2) is 0 Å². The van der Waals surface area contributed by atoms with Crippen molar-refractivity contribution in [2.24, 2.45) is 0 Å². The lowest BCUT2D eigenvalue weighted by Crippen LogP contribution is -2.40. The van der Waals surface area contributed by atoms with Crippen molar-refractivity contribution < 1.29 is 22.7 Å². The molecule has 4 rings (SSSR count). The van der Waals surface area contributed by atoms with Crippen LogP contribution in [0.5, 0.6) is 0 Å². The molecule has 0 N–H and O–H groups in total. The monoisotopic (exact) mass is 477 g/mol. The summed E-state index contributed by atoms with van der Waals surface area (Å²) in [7, 11) is -3.89. The average Bonchev–Trinajstić information content (AvgIpc) is 2.78. The lowest BCUT2D eigenvalue weighted by Gasteiger charge is -2.26. The number of hydrogen-bond acceptors (Lipinski definition) is 7. The smallest absolute Gasteiger partial charge is 0.338 e. The minimum atomic E-state index is -3.89. The van der Waals surface area contributed by atoms with Gasteiger partial charge in [0.25, 0.3) is 5.56 Å². The van der Waals surface area contributed by atoms with Crippen molar-refractivity contribution in [2.45, 2.75) is 18.4 Å². The van der Waals surface area contributed by atoms with Crippen LogP contribution in [0.15, 0.2) is 52.3 Å². The molecular formula is C21H20ClN3O6S. The molecular weight excluding hydrogens is 458 g/mol. The van der Waals surface area contributed by atoms with Crippen LogP contribution in [-0.2, 0) is 26.1 Å². The third-order valence-corrected chi connectivity index (χ3v) is 7.35. The number of rotatable bonds is 5. The second kappa shape index (κ2) is 8.99. The second-order valence-electron chi connectivity index (χ2n) is 7.26. The molecule has 2 aromatic heterocycles. The van der Waals surface area contributed by atoms with Crippen molar-refractivity contribution in [1.29, 1.82) is 0 Å². The van der Waals surface area contributed by atoms with E-state index in [0.29, 0.717) is 5.65 Å². The fourth-order valence-corrected chi connectivity index (χ4v) is 5.22. The quantitative estimate of drug-likeness (QED) is 0.517. The maximum Gasteiger partial charge on any atom is 0.338 e. The van der Waals surface area contributed by atoms with Crippen molar-refractivity contribution in [1.82, 2.24) is 13.7 Å². The summed E-state index contributed by atoms with van der Waals surface area (Å²) in [5.41, 5.74) is 1.34. The summed E-state index contributed by atoms with van der Waals surface area (Å²) in [5, 5.41) is 0.00699. The largest absolute Gasteiger partial charge is 0.456 e. The summed E-state index contributed by atoms with van der Waals surface area (Å²) in [6.07, 6.45) is 1.67. The fourth-order valence-electron chi connectivity index (χ4n) is 3.31. The number of benzene rings is 1.